The second-order valence-electron chi connectivity index (χ2n) is 16.1. The Kier molecular flexibility index (Phi) is 7.70. The van der Waals surface area contributed by atoms with Crippen LogP contribution in [0.25, 0.3) is 49.9 Å². The van der Waals surface area contributed by atoms with Gasteiger partial charge >= 0.3 is 0 Å². The predicted octanol–water partition coefficient (Wildman–Crippen LogP) is 14.0. The number of hydrogen-bond acceptors (Lipinski definition) is 5. The Morgan fingerprint density at radius 1 is 0.534 bits per heavy atom. The standard InChI is InChI=1S/C52H40N4O2/c1-52(2,3)36-28-29-53-49(30-36)56-43-21-11-10-18-41(43)42-26-24-37(31-45(42)56)57-38-25-27-47-46(32-38)55-33-54(44-22-13-23-48(58-47)51(44)55)50-39(34-14-6-4-7-15-34)19-12-20-40(50)35-16-8-5-9-17-35/h4-32H,33H2,1-3H3. The molecule has 0 fully saturated rings. The van der Waals surface area contributed by atoms with Gasteiger partial charge in [0.2, 0.25) is 0 Å². The largest absolute Gasteiger partial charge is 0.457 e. The van der Waals surface area contributed by atoms with Crippen LogP contribution in [0.1, 0.15) is 26.3 Å². The highest BCUT2D eigenvalue weighted by molar-refractivity contribution is 6.09. The molecule has 6 heteroatoms. The van der Waals surface area contributed by atoms with Crippen molar-refractivity contribution < 1.29 is 9.47 Å². The van der Waals surface area contributed by atoms with E-state index in [1.807, 2.05) is 18.3 Å². The minimum Gasteiger partial charge on any atom is -0.457 e. The van der Waals surface area contributed by atoms with Gasteiger partial charge in [0.25, 0.3) is 0 Å². The van der Waals surface area contributed by atoms with Gasteiger partial charge < -0.3 is 19.3 Å². The summed E-state index contributed by atoms with van der Waals surface area (Å²) in [5.41, 5.74) is 12.3. The lowest BCUT2D eigenvalue weighted by Crippen LogP contribution is -2.26. The summed E-state index contributed by atoms with van der Waals surface area (Å²) < 4.78 is 15.6. The van der Waals surface area contributed by atoms with Crippen LogP contribution in [0.5, 0.6) is 23.0 Å². The van der Waals surface area contributed by atoms with Crippen LogP contribution in [0.4, 0.5) is 22.7 Å². The van der Waals surface area contributed by atoms with E-state index in [1.54, 1.807) is 0 Å². The molecular weight excluding hydrogens is 713 g/mol. The number of benzene rings is 7. The molecule has 58 heavy (non-hydrogen) atoms. The SMILES string of the molecule is CC(C)(C)c1ccnc(-n2c3ccccc3c3ccc(Oc4ccc5c(c4)N4CN(c6c(-c7ccccc7)cccc6-c6ccccc6)c6cccc(c64)O5)cc32)c1. The minimum atomic E-state index is -0.00992. The summed E-state index contributed by atoms with van der Waals surface area (Å²) in [4.78, 5) is 9.67. The zero-order valence-electron chi connectivity index (χ0n) is 32.6. The van der Waals surface area contributed by atoms with Crippen LogP contribution in [-0.4, -0.2) is 16.2 Å². The summed E-state index contributed by atoms with van der Waals surface area (Å²) in [5.74, 6) is 3.99. The molecule has 0 amide bonds. The van der Waals surface area contributed by atoms with E-state index in [1.165, 1.54) is 33.2 Å². The van der Waals surface area contributed by atoms with Crippen LogP contribution < -0.4 is 19.3 Å². The van der Waals surface area contributed by atoms with E-state index in [2.05, 4.69) is 193 Å². The van der Waals surface area contributed by atoms with Gasteiger partial charge in [-0.15, -0.1) is 0 Å². The second kappa shape index (κ2) is 13.1. The van der Waals surface area contributed by atoms with Crippen LogP contribution in [0.3, 0.4) is 0 Å². The van der Waals surface area contributed by atoms with E-state index in [0.29, 0.717) is 6.67 Å². The van der Waals surface area contributed by atoms with Crippen LogP contribution in [0.2, 0.25) is 0 Å². The summed E-state index contributed by atoms with van der Waals surface area (Å²) in [5, 5.41) is 2.33. The van der Waals surface area contributed by atoms with Crippen molar-refractivity contribution in [1.82, 2.24) is 9.55 Å². The zero-order valence-corrected chi connectivity index (χ0v) is 32.6. The van der Waals surface area contributed by atoms with Crippen LogP contribution >= 0.6 is 0 Å². The first kappa shape index (κ1) is 34.0. The van der Waals surface area contributed by atoms with Crippen LogP contribution in [0, 0.1) is 0 Å². The molecule has 2 aromatic heterocycles. The van der Waals surface area contributed by atoms with Gasteiger partial charge in [0.1, 0.15) is 29.7 Å². The van der Waals surface area contributed by atoms with Crippen LogP contribution in [-0.2, 0) is 5.41 Å². The first-order valence-electron chi connectivity index (χ1n) is 19.8. The zero-order chi connectivity index (χ0) is 39.0. The topological polar surface area (TPSA) is 42.8 Å². The summed E-state index contributed by atoms with van der Waals surface area (Å²) in [6.07, 6.45) is 1.91. The first-order chi connectivity index (χ1) is 28.4. The normalized spacial score (nSPS) is 13.1. The fourth-order valence-corrected chi connectivity index (χ4v) is 8.67. The van der Waals surface area contributed by atoms with Crippen molar-refractivity contribution >= 4 is 44.6 Å². The molecule has 2 aliphatic heterocycles. The van der Waals surface area contributed by atoms with E-state index in [9.17, 15) is 0 Å². The smallest absolute Gasteiger partial charge is 0.153 e. The lowest BCUT2D eigenvalue weighted by atomic mass is 9.88. The average molecular weight is 753 g/mol. The van der Waals surface area contributed by atoms with Crippen molar-refractivity contribution in [1.29, 1.82) is 0 Å². The molecule has 0 saturated carbocycles. The number of anilines is 4. The van der Waals surface area contributed by atoms with Gasteiger partial charge in [0.05, 0.1) is 28.1 Å². The molecule has 0 unspecified atom stereocenters. The molecule has 7 aromatic carbocycles. The molecule has 11 rings (SSSR count). The average Bonchev–Trinajstić information content (AvgIpc) is 3.81. The minimum absolute atomic E-state index is 0.00992. The molecular formula is C52H40N4O2. The number of pyridine rings is 1. The van der Waals surface area contributed by atoms with Gasteiger partial charge in [-0.2, -0.15) is 0 Å². The summed E-state index contributed by atoms with van der Waals surface area (Å²) in [7, 11) is 0. The molecule has 0 saturated heterocycles. The highest BCUT2D eigenvalue weighted by Gasteiger charge is 2.38. The fraction of sp³-hybridized carbons (Fsp3) is 0.0962. The maximum absolute atomic E-state index is 6.75. The van der Waals surface area contributed by atoms with Crippen molar-refractivity contribution in [3.8, 4) is 51.1 Å². The molecule has 0 radical (unpaired) electrons. The molecule has 0 spiro atoms. The lowest BCUT2D eigenvalue weighted by Gasteiger charge is -2.29. The van der Waals surface area contributed by atoms with E-state index < -0.39 is 0 Å². The van der Waals surface area contributed by atoms with Crippen molar-refractivity contribution in [2.75, 3.05) is 16.5 Å². The van der Waals surface area contributed by atoms with E-state index >= 15 is 0 Å². The van der Waals surface area contributed by atoms with Gasteiger partial charge in [-0.25, -0.2) is 4.98 Å². The maximum atomic E-state index is 6.75. The molecule has 2 aliphatic rings. The number of aromatic nitrogens is 2. The lowest BCUT2D eigenvalue weighted by molar-refractivity contribution is 0.465. The molecule has 0 aliphatic carbocycles. The molecule has 0 bridgehead atoms. The number of rotatable bonds is 6. The third-order valence-electron chi connectivity index (χ3n) is 11.5. The molecule has 0 N–H and O–H groups in total. The Labute approximate surface area is 337 Å². The van der Waals surface area contributed by atoms with Gasteiger partial charge in [-0.05, 0) is 76.7 Å². The Morgan fingerprint density at radius 3 is 1.95 bits per heavy atom. The quantitative estimate of drug-likeness (QED) is 0.169. The molecule has 280 valence electrons. The Hall–Kier alpha value is -7.31. The van der Waals surface area contributed by atoms with E-state index in [-0.39, 0.29) is 5.41 Å². The first-order valence-corrected chi connectivity index (χ1v) is 19.8. The fourth-order valence-electron chi connectivity index (χ4n) is 8.67. The number of hydrogen-bond donors (Lipinski definition) is 0. The molecule has 4 heterocycles. The number of nitrogens with zero attached hydrogens (tertiary/aromatic N) is 4. The maximum Gasteiger partial charge on any atom is 0.153 e. The molecule has 6 nitrogen and oxygen atoms in total. The predicted molar refractivity (Wildman–Crippen MR) is 237 cm³/mol. The summed E-state index contributed by atoms with van der Waals surface area (Å²) >= 11 is 0. The van der Waals surface area contributed by atoms with E-state index in [4.69, 9.17) is 14.5 Å². The van der Waals surface area contributed by atoms with Crippen molar-refractivity contribution in [2.24, 2.45) is 0 Å². The summed E-state index contributed by atoms with van der Waals surface area (Å²) in [6.45, 7) is 7.30. The van der Waals surface area contributed by atoms with E-state index in [0.717, 1.165) is 68.0 Å². The van der Waals surface area contributed by atoms with Crippen molar-refractivity contribution in [3.05, 3.63) is 182 Å². The summed E-state index contributed by atoms with van der Waals surface area (Å²) in [6, 6.07) is 59.6. The molecule has 9 aromatic rings. The highest BCUT2D eigenvalue weighted by Crippen LogP contribution is 2.58. The number of fused-ring (bicyclic) bond motifs is 5. The molecule has 0 atom stereocenters. The van der Waals surface area contributed by atoms with Crippen LogP contribution in [0.15, 0.2) is 176 Å². The van der Waals surface area contributed by atoms with Crippen molar-refractivity contribution in [3.63, 3.8) is 0 Å². The Bertz CT molecular complexity index is 2980. The van der Waals surface area contributed by atoms with Gasteiger partial charge in [-0.3, -0.25) is 4.57 Å². The number of para-hydroxylation sites is 3. The Balaban J connectivity index is 0.997. The second-order valence-corrected chi connectivity index (χ2v) is 16.1. The third-order valence-corrected chi connectivity index (χ3v) is 11.5. The van der Waals surface area contributed by atoms with Gasteiger partial charge in [0, 0.05) is 40.2 Å². The number of ether oxygens (including phenoxy) is 2. The Morgan fingerprint density at radius 2 is 1.19 bits per heavy atom. The monoisotopic (exact) mass is 752 g/mol. The van der Waals surface area contributed by atoms with Gasteiger partial charge in [-0.1, -0.05) is 124 Å². The van der Waals surface area contributed by atoms with Gasteiger partial charge in [0.15, 0.2) is 11.5 Å². The van der Waals surface area contributed by atoms with Crippen molar-refractivity contribution in [2.45, 2.75) is 26.2 Å². The third kappa shape index (κ3) is 5.52. The highest BCUT2D eigenvalue weighted by atomic mass is 16.5.